The van der Waals surface area contributed by atoms with Crippen molar-refractivity contribution >= 4 is 15.7 Å². The van der Waals surface area contributed by atoms with E-state index in [1.165, 1.54) is 13.8 Å². The highest BCUT2D eigenvalue weighted by atomic mass is 32.2. The Bertz CT molecular complexity index is 657. The molecular weight excluding hydrogens is 307 g/mol. The molecule has 0 aromatic heterocycles. The van der Waals surface area contributed by atoms with Crippen molar-refractivity contribution in [3.8, 4) is 0 Å². The Labute approximate surface area is 120 Å². The second-order valence-corrected chi connectivity index (χ2v) is 6.50. The van der Waals surface area contributed by atoms with Crippen molar-refractivity contribution in [3.63, 3.8) is 0 Å². The van der Waals surface area contributed by atoms with Gasteiger partial charge in [-0.2, -0.15) is 4.39 Å². The van der Waals surface area contributed by atoms with Crippen LogP contribution in [0.1, 0.15) is 12.5 Å². The lowest BCUT2D eigenvalue weighted by Crippen LogP contribution is -2.51. The van der Waals surface area contributed by atoms with Crippen molar-refractivity contribution in [1.82, 2.24) is 4.72 Å². The second kappa shape index (κ2) is 6.02. The summed E-state index contributed by atoms with van der Waals surface area (Å²) in [6.07, 6.45) is 0. The zero-order chi connectivity index (χ0) is 16.4. The maximum Gasteiger partial charge on any atom is 0.306 e. The lowest BCUT2D eigenvalue weighted by atomic mass is 10.1. The molecule has 21 heavy (non-hydrogen) atoms. The molecule has 0 saturated carbocycles. The van der Waals surface area contributed by atoms with Gasteiger partial charge in [0.25, 0.3) is 0 Å². The monoisotopic (exact) mass is 322 g/mol. The van der Waals surface area contributed by atoms with E-state index in [9.17, 15) is 22.9 Å². The molecule has 1 aromatic carbocycles. The molecule has 0 amide bonds. The number of rotatable bonds is 6. The summed E-state index contributed by atoms with van der Waals surface area (Å²) in [5.41, 5.74) is -2.72. The third-order valence-corrected chi connectivity index (χ3v) is 4.41. The molecule has 0 atom stereocenters. The summed E-state index contributed by atoms with van der Waals surface area (Å²) in [6.45, 7) is 1.06. The summed E-state index contributed by atoms with van der Waals surface area (Å²) in [5.74, 6) is -1.12. The van der Waals surface area contributed by atoms with Gasteiger partial charge < -0.3 is 10.2 Å². The first kappa shape index (κ1) is 17.4. The van der Waals surface area contributed by atoms with Crippen LogP contribution < -0.4 is 4.72 Å². The van der Waals surface area contributed by atoms with Crippen LogP contribution in [0.3, 0.4) is 0 Å². The van der Waals surface area contributed by atoms with Gasteiger partial charge in [0.2, 0.25) is 15.8 Å². The minimum Gasteiger partial charge on any atom is -0.394 e. The summed E-state index contributed by atoms with van der Waals surface area (Å²) in [7, 11) is -4.28. The van der Waals surface area contributed by atoms with Gasteiger partial charge in [0.05, 0.1) is 28.6 Å². The van der Waals surface area contributed by atoms with E-state index in [-0.39, 0.29) is 5.56 Å². The molecule has 0 fully saturated rings. The minimum absolute atomic E-state index is 0.209. The van der Waals surface area contributed by atoms with Gasteiger partial charge in [0.15, 0.2) is 0 Å². The van der Waals surface area contributed by atoms with Crippen LogP contribution in [0.2, 0.25) is 0 Å². The largest absolute Gasteiger partial charge is 0.394 e. The quantitative estimate of drug-likeness (QED) is 0.502. The molecule has 0 spiro atoms. The number of aliphatic hydroxyl groups excluding tert-OH is 2. The molecule has 10 heteroatoms. The van der Waals surface area contributed by atoms with Gasteiger partial charge in [-0.05, 0) is 25.5 Å². The van der Waals surface area contributed by atoms with Crippen molar-refractivity contribution < 1.29 is 27.9 Å². The molecule has 0 radical (unpaired) electrons. The van der Waals surface area contributed by atoms with Gasteiger partial charge in [-0.1, -0.05) is 0 Å². The third kappa shape index (κ3) is 3.73. The predicted molar refractivity (Wildman–Crippen MR) is 70.7 cm³/mol. The average molecular weight is 322 g/mol. The summed E-state index contributed by atoms with van der Waals surface area (Å²) in [5, 5.41) is 28.9. The molecule has 0 unspecified atom stereocenters. The fourth-order valence-electron chi connectivity index (χ4n) is 1.50. The number of sulfonamides is 1. The highest BCUT2D eigenvalue weighted by Gasteiger charge is 2.31. The number of nitro groups is 1. The molecule has 0 heterocycles. The first-order valence-electron chi connectivity index (χ1n) is 5.76. The van der Waals surface area contributed by atoms with E-state index in [0.29, 0.717) is 6.07 Å². The van der Waals surface area contributed by atoms with Crippen molar-refractivity contribution in [3.05, 3.63) is 33.6 Å². The Morgan fingerprint density at radius 2 is 1.90 bits per heavy atom. The van der Waals surface area contributed by atoms with Gasteiger partial charge in [0.1, 0.15) is 0 Å². The molecule has 1 rings (SSSR count). The van der Waals surface area contributed by atoms with E-state index in [1.54, 1.807) is 0 Å². The number of aryl methyl sites for hydroxylation is 1. The Hall–Kier alpha value is -1.62. The smallest absolute Gasteiger partial charge is 0.306 e. The van der Waals surface area contributed by atoms with Gasteiger partial charge in [-0.25, -0.2) is 13.1 Å². The van der Waals surface area contributed by atoms with Crippen LogP contribution >= 0.6 is 0 Å². The van der Waals surface area contributed by atoms with Crippen LogP contribution in [0.5, 0.6) is 0 Å². The van der Waals surface area contributed by atoms with Crippen LogP contribution in [-0.2, 0) is 10.0 Å². The highest BCUT2D eigenvalue weighted by Crippen LogP contribution is 2.25. The van der Waals surface area contributed by atoms with E-state index in [0.717, 1.165) is 6.07 Å². The van der Waals surface area contributed by atoms with Crippen molar-refractivity contribution in [2.45, 2.75) is 24.3 Å². The fraction of sp³-hybridized carbons (Fsp3) is 0.455. The molecule has 0 bridgehead atoms. The van der Waals surface area contributed by atoms with E-state index in [4.69, 9.17) is 10.2 Å². The number of hydrogen-bond donors (Lipinski definition) is 3. The molecule has 0 saturated heterocycles. The highest BCUT2D eigenvalue weighted by molar-refractivity contribution is 7.89. The number of nitrogens with one attached hydrogen (secondary N) is 1. The number of aliphatic hydroxyl groups is 2. The van der Waals surface area contributed by atoms with E-state index in [2.05, 4.69) is 0 Å². The lowest BCUT2D eigenvalue weighted by Gasteiger charge is -2.25. The van der Waals surface area contributed by atoms with Crippen molar-refractivity contribution in [2.75, 3.05) is 13.2 Å². The van der Waals surface area contributed by atoms with Crippen LogP contribution in [0.25, 0.3) is 0 Å². The minimum atomic E-state index is -4.28. The number of halogens is 1. The van der Waals surface area contributed by atoms with Crippen molar-refractivity contribution in [1.29, 1.82) is 0 Å². The maximum absolute atomic E-state index is 13.6. The van der Waals surface area contributed by atoms with Gasteiger partial charge in [-0.3, -0.25) is 10.1 Å². The van der Waals surface area contributed by atoms with Gasteiger partial charge >= 0.3 is 5.69 Å². The molecule has 0 aliphatic heterocycles. The molecule has 118 valence electrons. The fourth-order valence-corrected chi connectivity index (χ4v) is 3.00. The van der Waals surface area contributed by atoms with Crippen LogP contribution in [-0.4, -0.2) is 42.3 Å². The second-order valence-electron chi connectivity index (χ2n) is 4.81. The number of hydrogen-bond acceptors (Lipinski definition) is 6. The molecule has 0 aliphatic rings. The Balaban J connectivity index is 3.36. The van der Waals surface area contributed by atoms with Gasteiger partial charge in [-0.15, -0.1) is 0 Å². The normalized spacial score (nSPS) is 12.4. The van der Waals surface area contributed by atoms with Crippen LogP contribution in [0.4, 0.5) is 10.1 Å². The molecule has 1 aromatic rings. The Morgan fingerprint density at radius 3 is 2.33 bits per heavy atom. The van der Waals surface area contributed by atoms with E-state index in [1.807, 2.05) is 4.72 Å². The SMILES string of the molecule is Cc1cc(S(=O)(=O)NC(C)(CO)CO)cc([N+](=O)[O-])c1F. The predicted octanol–water partition coefficient (Wildman–Crippen LogP) is 0.0639. The Morgan fingerprint density at radius 1 is 1.38 bits per heavy atom. The van der Waals surface area contributed by atoms with E-state index >= 15 is 0 Å². The van der Waals surface area contributed by atoms with Crippen LogP contribution in [0, 0.1) is 22.9 Å². The lowest BCUT2D eigenvalue weighted by molar-refractivity contribution is -0.387. The topological polar surface area (TPSA) is 130 Å². The Kier molecular flexibility index (Phi) is 4.99. The summed E-state index contributed by atoms with van der Waals surface area (Å²) in [4.78, 5) is 9.17. The molecule has 8 nitrogen and oxygen atoms in total. The first-order valence-corrected chi connectivity index (χ1v) is 7.25. The summed E-state index contributed by atoms with van der Waals surface area (Å²) in [6, 6.07) is 1.51. The van der Waals surface area contributed by atoms with Crippen molar-refractivity contribution in [2.24, 2.45) is 0 Å². The third-order valence-electron chi connectivity index (χ3n) is 2.79. The number of benzene rings is 1. The molecular formula is C11H15FN2O6S. The maximum atomic E-state index is 13.6. The standard InChI is InChI=1S/C11H15FN2O6S/c1-7-3-8(4-9(10(7)12)14(17)18)21(19,20)13-11(2,5-15)6-16/h3-4,13,15-16H,5-6H2,1-2H3. The first-order chi connectivity index (χ1) is 9.56. The molecule has 0 aliphatic carbocycles. The summed E-state index contributed by atoms with van der Waals surface area (Å²) < 4.78 is 39.8. The number of nitro benzene ring substituents is 1. The average Bonchev–Trinajstić information content (AvgIpc) is 2.40. The summed E-state index contributed by atoms with van der Waals surface area (Å²) >= 11 is 0. The zero-order valence-electron chi connectivity index (χ0n) is 11.3. The zero-order valence-corrected chi connectivity index (χ0v) is 12.1. The van der Waals surface area contributed by atoms with E-state index < -0.39 is 50.1 Å². The van der Waals surface area contributed by atoms with Crippen LogP contribution in [0.15, 0.2) is 17.0 Å². The number of nitrogens with zero attached hydrogens (tertiary/aromatic N) is 1. The molecule has 3 N–H and O–H groups in total. The van der Waals surface area contributed by atoms with Gasteiger partial charge in [0, 0.05) is 6.07 Å².